The molecular formula is C20H24BrNO3. The maximum atomic E-state index is 11.8. The molecule has 0 fully saturated rings. The van der Waals surface area contributed by atoms with E-state index in [1.807, 2.05) is 42.5 Å². The third-order valence-electron chi connectivity index (χ3n) is 3.56. The third kappa shape index (κ3) is 6.42. The molecule has 0 spiro atoms. The lowest BCUT2D eigenvalue weighted by Gasteiger charge is -2.22. The summed E-state index contributed by atoms with van der Waals surface area (Å²) in [6, 6.07) is 15.3. The lowest BCUT2D eigenvalue weighted by atomic mass is 9.86. The number of hydrogen-bond donors (Lipinski definition) is 1. The number of para-hydroxylation sites is 1. The number of rotatable bonds is 7. The van der Waals surface area contributed by atoms with Crippen molar-refractivity contribution in [2.24, 2.45) is 0 Å². The molecule has 0 aromatic heterocycles. The average Bonchev–Trinajstić information content (AvgIpc) is 2.58. The lowest BCUT2D eigenvalue weighted by molar-refractivity contribution is -0.123. The van der Waals surface area contributed by atoms with E-state index in [1.54, 1.807) is 0 Å². The molecule has 0 aliphatic carbocycles. The van der Waals surface area contributed by atoms with Crippen LogP contribution in [0.5, 0.6) is 11.5 Å². The zero-order valence-electron chi connectivity index (χ0n) is 14.8. The van der Waals surface area contributed by atoms with Gasteiger partial charge in [-0.3, -0.25) is 4.79 Å². The lowest BCUT2D eigenvalue weighted by Crippen LogP contribution is -2.32. The van der Waals surface area contributed by atoms with E-state index in [4.69, 9.17) is 9.47 Å². The first-order valence-electron chi connectivity index (χ1n) is 8.23. The fourth-order valence-corrected chi connectivity index (χ4v) is 2.56. The fraction of sp³-hybridized carbons (Fsp3) is 0.350. The summed E-state index contributed by atoms with van der Waals surface area (Å²) in [5.74, 6) is 1.35. The Bertz CT molecular complexity index is 693. The molecule has 0 unspecified atom stereocenters. The molecule has 25 heavy (non-hydrogen) atoms. The Labute approximate surface area is 157 Å². The molecule has 134 valence electrons. The third-order valence-corrected chi connectivity index (χ3v) is 4.09. The molecule has 0 saturated carbocycles. The molecule has 2 aromatic carbocycles. The molecule has 0 atom stereocenters. The number of amides is 1. The van der Waals surface area contributed by atoms with Crippen LogP contribution in [0.2, 0.25) is 0 Å². The van der Waals surface area contributed by atoms with E-state index in [2.05, 4.69) is 48.1 Å². The Hall–Kier alpha value is -2.01. The van der Waals surface area contributed by atoms with Crippen LogP contribution in [0.25, 0.3) is 0 Å². The highest BCUT2D eigenvalue weighted by atomic mass is 79.9. The normalized spacial score (nSPS) is 11.0. The number of carbonyl (C=O) groups excluding carboxylic acids is 1. The van der Waals surface area contributed by atoms with Gasteiger partial charge in [0.05, 0.1) is 6.54 Å². The summed E-state index contributed by atoms with van der Waals surface area (Å²) in [7, 11) is 0. The average molecular weight is 406 g/mol. The van der Waals surface area contributed by atoms with Crippen molar-refractivity contribution in [1.82, 2.24) is 5.32 Å². The Morgan fingerprint density at radius 3 is 2.40 bits per heavy atom. The summed E-state index contributed by atoms with van der Waals surface area (Å²) in [5.41, 5.74) is 1.16. The van der Waals surface area contributed by atoms with Crippen LogP contribution in [0.15, 0.2) is 53.0 Å². The molecular weight excluding hydrogens is 382 g/mol. The first-order chi connectivity index (χ1) is 11.9. The molecule has 5 heteroatoms. The highest BCUT2D eigenvalue weighted by Gasteiger charge is 2.18. The van der Waals surface area contributed by atoms with Crippen molar-refractivity contribution in [2.75, 3.05) is 19.8 Å². The van der Waals surface area contributed by atoms with Gasteiger partial charge in [-0.25, -0.2) is 0 Å². The van der Waals surface area contributed by atoms with Crippen molar-refractivity contribution >= 4 is 21.8 Å². The SMILES string of the molecule is CC(C)(C)c1ccccc1OCCNC(=O)COc1ccc(Br)cc1. The summed E-state index contributed by atoms with van der Waals surface area (Å²) in [5, 5.41) is 2.79. The van der Waals surface area contributed by atoms with Gasteiger partial charge in [0.25, 0.3) is 5.91 Å². The quantitative estimate of drug-likeness (QED) is 0.697. The number of halogens is 1. The Morgan fingerprint density at radius 2 is 1.72 bits per heavy atom. The molecule has 0 heterocycles. The van der Waals surface area contributed by atoms with E-state index in [9.17, 15) is 4.79 Å². The number of carbonyl (C=O) groups is 1. The van der Waals surface area contributed by atoms with E-state index in [-0.39, 0.29) is 17.9 Å². The largest absolute Gasteiger partial charge is 0.491 e. The minimum atomic E-state index is -0.171. The number of benzene rings is 2. The van der Waals surface area contributed by atoms with E-state index in [1.165, 1.54) is 0 Å². The predicted octanol–water partition coefficient (Wildman–Crippen LogP) is 4.32. The minimum Gasteiger partial charge on any atom is -0.491 e. The van der Waals surface area contributed by atoms with Gasteiger partial charge in [-0.2, -0.15) is 0 Å². The van der Waals surface area contributed by atoms with E-state index in [0.717, 1.165) is 15.8 Å². The van der Waals surface area contributed by atoms with Gasteiger partial charge in [-0.15, -0.1) is 0 Å². The number of nitrogens with one attached hydrogen (secondary N) is 1. The van der Waals surface area contributed by atoms with E-state index in [0.29, 0.717) is 18.9 Å². The smallest absolute Gasteiger partial charge is 0.258 e. The van der Waals surface area contributed by atoms with Crippen LogP contribution in [0.1, 0.15) is 26.3 Å². The molecule has 0 aliphatic heterocycles. The van der Waals surface area contributed by atoms with Gasteiger partial charge in [0.1, 0.15) is 18.1 Å². The Morgan fingerprint density at radius 1 is 1.04 bits per heavy atom. The maximum absolute atomic E-state index is 11.8. The second-order valence-electron chi connectivity index (χ2n) is 6.69. The van der Waals surface area contributed by atoms with Crippen LogP contribution in [-0.4, -0.2) is 25.7 Å². The zero-order chi connectivity index (χ0) is 18.3. The number of hydrogen-bond acceptors (Lipinski definition) is 3. The van der Waals surface area contributed by atoms with Crippen LogP contribution in [0, 0.1) is 0 Å². The fourth-order valence-electron chi connectivity index (χ4n) is 2.29. The molecule has 0 bridgehead atoms. The molecule has 0 aliphatic rings. The van der Waals surface area contributed by atoms with Crippen LogP contribution in [-0.2, 0) is 10.2 Å². The van der Waals surface area contributed by atoms with Gasteiger partial charge in [0, 0.05) is 4.47 Å². The summed E-state index contributed by atoms with van der Waals surface area (Å²) < 4.78 is 12.2. The molecule has 2 aromatic rings. The minimum absolute atomic E-state index is 0.0123. The second-order valence-corrected chi connectivity index (χ2v) is 7.60. The highest BCUT2D eigenvalue weighted by Crippen LogP contribution is 2.30. The van der Waals surface area contributed by atoms with Gasteiger partial charge in [0.15, 0.2) is 6.61 Å². The monoisotopic (exact) mass is 405 g/mol. The first-order valence-corrected chi connectivity index (χ1v) is 9.03. The van der Waals surface area contributed by atoms with Gasteiger partial charge in [-0.05, 0) is 41.3 Å². The summed E-state index contributed by atoms with van der Waals surface area (Å²) >= 11 is 3.36. The molecule has 4 nitrogen and oxygen atoms in total. The molecule has 0 saturated heterocycles. The summed E-state index contributed by atoms with van der Waals surface area (Å²) in [6.45, 7) is 7.28. The van der Waals surface area contributed by atoms with Gasteiger partial charge < -0.3 is 14.8 Å². The van der Waals surface area contributed by atoms with Crippen LogP contribution in [0.3, 0.4) is 0 Å². The topological polar surface area (TPSA) is 47.6 Å². The van der Waals surface area contributed by atoms with E-state index >= 15 is 0 Å². The molecule has 1 N–H and O–H groups in total. The van der Waals surface area contributed by atoms with Crippen molar-refractivity contribution in [3.63, 3.8) is 0 Å². The Kier molecular flexibility index (Phi) is 6.88. The van der Waals surface area contributed by atoms with Gasteiger partial charge in [-0.1, -0.05) is 54.9 Å². The van der Waals surface area contributed by atoms with Gasteiger partial charge >= 0.3 is 0 Å². The molecule has 1 amide bonds. The predicted molar refractivity (Wildman–Crippen MR) is 103 cm³/mol. The van der Waals surface area contributed by atoms with Crippen LogP contribution >= 0.6 is 15.9 Å². The van der Waals surface area contributed by atoms with Crippen LogP contribution < -0.4 is 14.8 Å². The molecule has 0 radical (unpaired) electrons. The summed E-state index contributed by atoms with van der Waals surface area (Å²) in [6.07, 6.45) is 0. The van der Waals surface area contributed by atoms with Crippen LogP contribution in [0.4, 0.5) is 0 Å². The summed E-state index contributed by atoms with van der Waals surface area (Å²) in [4.78, 5) is 11.8. The van der Waals surface area contributed by atoms with Crippen molar-refractivity contribution in [3.05, 3.63) is 58.6 Å². The standard InChI is InChI=1S/C20H24BrNO3/c1-20(2,3)17-6-4-5-7-18(17)24-13-12-22-19(23)14-25-16-10-8-15(21)9-11-16/h4-11H,12-14H2,1-3H3,(H,22,23). The molecule has 2 rings (SSSR count). The van der Waals surface area contributed by atoms with Gasteiger partial charge in [0.2, 0.25) is 0 Å². The number of ether oxygens (including phenoxy) is 2. The van der Waals surface area contributed by atoms with Crippen molar-refractivity contribution in [3.8, 4) is 11.5 Å². The van der Waals surface area contributed by atoms with Crippen molar-refractivity contribution < 1.29 is 14.3 Å². The zero-order valence-corrected chi connectivity index (χ0v) is 16.4. The van der Waals surface area contributed by atoms with Crippen molar-refractivity contribution in [2.45, 2.75) is 26.2 Å². The highest BCUT2D eigenvalue weighted by molar-refractivity contribution is 9.10. The van der Waals surface area contributed by atoms with E-state index < -0.39 is 0 Å². The first kappa shape index (κ1) is 19.3. The second kappa shape index (κ2) is 8.90. The maximum Gasteiger partial charge on any atom is 0.258 e. The van der Waals surface area contributed by atoms with Crippen molar-refractivity contribution in [1.29, 1.82) is 0 Å². The Balaban J connectivity index is 1.72.